The van der Waals surface area contributed by atoms with Crippen molar-refractivity contribution in [2.45, 2.75) is 24.0 Å². The van der Waals surface area contributed by atoms with Gasteiger partial charge < -0.3 is 9.84 Å². The maximum absolute atomic E-state index is 11.2. The van der Waals surface area contributed by atoms with Crippen LogP contribution in [0.4, 0.5) is 0 Å². The molecule has 0 amide bonds. The van der Waals surface area contributed by atoms with Crippen LogP contribution in [-0.4, -0.2) is 34.8 Å². The van der Waals surface area contributed by atoms with Crippen molar-refractivity contribution in [2.24, 2.45) is 5.92 Å². The highest BCUT2D eigenvalue weighted by Gasteiger charge is 2.49. The summed E-state index contributed by atoms with van der Waals surface area (Å²) in [5.74, 6) is 0.589. The minimum atomic E-state index is -0.634. The van der Waals surface area contributed by atoms with E-state index in [1.165, 1.54) is 0 Å². The summed E-state index contributed by atoms with van der Waals surface area (Å²) in [6.07, 6.45) is 2.77. The predicted molar refractivity (Wildman–Crippen MR) is 51.0 cm³/mol. The van der Waals surface area contributed by atoms with Gasteiger partial charge >= 0.3 is 5.97 Å². The highest BCUT2D eigenvalue weighted by molar-refractivity contribution is 8.01. The Kier molecular flexibility index (Phi) is 2.51. The number of rotatable bonds is 2. The summed E-state index contributed by atoms with van der Waals surface area (Å²) in [4.78, 5) is 11.2. The van der Waals surface area contributed by atoms with Crippen LogP contribution in [0.3, 0.4) is 0 Å². The minimum absolute atomic E-state index is 0.234. The van der Waals surface area contributed by atoms with Gasteiger partial charge in [-0.3, -0.25) is 4.79 Å². The Morgan fingerprint density at radius 3 is 2.92 bits per heavy atom. The van der Waals surface area contributed by atoms with E-state index in [1.54, 1.807) is 11.8 Å². The molecule has 4 heteroatoms. The molecule has 2 aliphatic heterocycles. The molecule has 0 radical (unpaired) electrons. The maximum atomic E-state index is 11.2. The summed E-state index contributed by atoms with van der Waals surface area (Å²) in [5, 5.41) is 9.25. The molecule has 2 atom stereocenters. The number of thioether (sulfide) groups is 1. The van der Waals surface area contributed by atoms with Gasteiger partial charge in [0.1, 0.15) is 4.75 Å². The van der Waals surface area contributed by atoms with Crippen LogP contribution >= 0.6 is 11.8 Å². The molecule has 0 saturated carbocycles. The molecular formula is C9H14O3S. The van der Waals surface area contributed by atoms with Gasteiger partial charge in [-0.2, -0.15) is 0 Å². The fourth-order valence-electron chi connectivity index (χ4n) is 2.23. The summed E-state index contributed by atoms with van der Waals surface area (Å²) >= 11 is 1.62. The zero-order valence-corrected chi connectivity index (χ0v) is 8.31. The Morgan fingerprint density at radius 1 is 1.62 bits per heavy atom. The van der Waals surface area contributed by atoms with Crippen LogP contribution in [0, 0.1) is 5.92 Å². The van der Waals surface area contributed by atoms with Gasteiger partial charge in [-0.05, 0) is 25.0 Å². The molecular weight excluding hydrogens is 188 g/mol. The summed E-state index contributed by atoms with van der Waals surface area (Å²) in [6, 6.07) is 0. The molecule has 13 heavy (non-hydrogen) atoms. The second kappa shape index (κ2) is 3.50. The van der Waals surface area contributed by atoms with E-state index < -0.39 is 10.7 Å². The van der Waals surface area contributed by atoms with Gasteiger partial charge in [0.25, 0.3) is 0 Å². The van der Waals surface area contributed by atoms with Crippen molar-refractivity contribution in [1.29, 1.82) is 0 Å². The monoisotopic (exact) mass is 202 g/mol. The largest absolute Gasteiger partial charge is 0.480 e. The van der Waals surface area contributed by atoms with Crippen molar-refractivity contribution in [3.8, 4) is 0 Å². The third-order valence-electron chi connectivity index (χ3n) is 3.00. The van der Waals surface area contributed by atoms with E-state index in [2.05, 4.69) is 0 Å². The van der Waals surface area contributed by atoms with Gasteiger partial charge in [-0.1, -0.05) is 0 Å². The smallest absolute Gasteiger partial charge is 0.320 e. The zero-order chi connectivity index (χ0) is 9.31. The number of hydrogen-bond acceptors (Lipinski definition) is 3. The molecule has 1 N–H and O–H groups in total. The van der Waals surface area contributed by atoms with Gasteiger partial charge in [0.15, 0.2) is 0 Å². The van der Waals surface area contributed by atoms with Crippen LogP contribution in [0.15, 0.2) is 0 Å². The van der Waals surface area contributed by atoms with Crippen molar-refractivity contribution in [3.05, 3.63) is 0 Å². The van der Waals surface area contributed by atoms with Gasteiger partial charge in [0.2, 0.25) is 0 Å². The topological polar surface area (TPSA) is 46.5 Å². The average molecular weight is 202 g/mol. The van der Waals surface area contributed by atoms with E-state index in [0.717, 1.165) is 31.6 Å². The van der Waals surface area contributed by atoms with Gasteiger partial charge in [-0.25, -0.2) is 0 Å². The number of hydrogen-bond donors (Lipinski definition) is 1. The van der Waals surface area contributed by atoms with E-state index in [9.17, 15) is 9.90 Å². The average Bonchev–Trinajstić information content (AvgIpc) is 2.75. The fourth-order valence-corrected chi connectivity index (χ4v) is 3.72. The Labute approximate surface area is 81.8 Å². The number of carbonyl (C=O) groups is 1. The molecule has 0 aromatic heterocycles. The molecule has 0 aliphatic carbocycles. The molecule has 2 rings (SSSR count). The molecule has 0 spiro atoms. The predicted octanol–water partition coefficient (Wildman–Crippen LogP) is 1.37. The Balaban J connectivity index is 2.16. The van der Waals surface area contributed by atoms with Crippen LogP contribution in [0.2, 0.25) is 0 Å². The number of carboxylic acids is 1. The summed E-state index contributed by atoms with van der Waals surface area (Å²) in [5.41, 5.74) is 0. The molecule has 74 valence electrons. The Bertz CT molecular complexity index is 205. The third kappa shape index (κ3) is 1.46. The SMILES string of the molecule is O=C(O)C1(C2CCOC2)CCCS1. The lowest BCUT2D eigenvalue weighted by Crippen LogP contribution is -2.40. The lowest BCUT2D eigenvalue weighted by molar-refractivity contribution is -0.141. The first-order valence-electron chi connectivity index (χ1n) is 4.71. The summed E-state index contributed by atoms with van der Waals surface area (Å²) < 4.78 is 4.75. The van der Waals surface area contributed by atoms with Crippen LogP contribution in [0.5, 0.6) is 0 Å². The normalized spacial score (nSPS) is 39.5. The highest BCUT2D eigenvalue weighted by Crippen LogP contribution is 2.46. The zero-order valence-electron chi connectivity index (χ0n) is 7.49. The molecule has 2 heterocycles. The van der Waals surface area contributed by atoms with Crippen LogP contribution in [0.1, 0.15) is 19.3 Å². The lowest BCUT2D eigenvalue weighted by atomic mass is 9.87. The molecule has 2 aliphatic rings. The van der Waals surface area contributed by atoms with Crippen LogP contribution in [0.25, 0.3) is 0 Å². The van der Waals surface area contributed by atoms with Gasteiger partial charge in [0, 0.05) is 12.5 Å². The number of aliphatic carboxylic acids is 1. The molecule has 2 fully saturated rings. The van der Waals surface area contributed by atoms with Crippen molar-refractivity contribution in [3.63, 3.8) is 0 Å². The maximum Gasteiger partial charge on any atom is 0.320 e. The molecule has 3 nitrogen and oxygen atoms in total. The second-order valence-corrected chi connectivity index (χ2v) is 5.13. The van der Waals surface area contributed by atoms with Crippen LogP contribution in [-0.2, 0) is 9.53 Å². The first-order chi connectivity index (χ1) is 6.26. The molecule has 0 aromatic rings. The van der Waals surface area contributed by atoms with Gasteiger partial charge in [-0.15, -0.1) is 11.8 Å². The lowest BCUT2D eigenvalue weighted by Gasteiger charge is -2.28. The van der Waals surface area contributed by atoms with Crippen molar-refractivity contribution in [1.82, 2.24) is 0 Å². The van der Waals surface area contributed by atoms with E-state index in [4.69, 9.17) is 4.74 Å². The van der Waals surface area contributed by atoms with Crippen molar-refractivity contribution < 1.29 is 14.6 Å². The van der Waals surface area contributed by atoms with E-state index in [-0.39, 0.29) is 5.92 Å². The molecule has 0 bridgehead atoms. The Hall–Kier alpha value is -0.220. The van der Waals surface area contributed by atoms with E-state index in [1.807, 2.05) is 0 Å². The summed E-state index contributed by atoms with van der Waals surface area (Å²) in [7, 11) is 0. The highest BCUT2D eigenvalue weighted by atomic mass is 32.2. The number of ether oxygens (including phenoxy) is 1. The van der Waals surface area contributed by atoms with Crippen molar-refractivity contribution in [2.75, 3.05) is 19.0 Å². The van der Waals surface area contributed by atoms with Crippen molar-refractivity contribution >= 4 is 17.7 Å². The molecule has 0 aromatic carbocycles. The molecule has 2 unspecified atom stereocenters. The van der Waals surface area contributed by atoms with Crippen LogP contribution < -0.4 is 0 Å². The fraction of sp³-hybridized carbons (Fsp3) is 0.889. The van der Waals surface area contributed by atoms with E-state index in [0.29, 0.717) is 6.61 Å². The quantitative estimate of drug-likeness (QED) is 0.734. The second-order valence-electron chi connectivity index (χ2n) is 3.71. The molecule has 2 saturated heterocycles. The summed E-state index contributed by atoms with van der Waals surface area (Å²) in [6.45, 7) is 1.37. The van der Waals surface area contributed by atoms with E-state index >= 15 is 0 Å². The Morgan fingerprint density at radius 2 is 2.46 bits per heavy atom. The third-order valence-corrected chi connectivity index (χ3v) is 4.72. The first kappa shape index (κ1) is 9.34. The van der Waals surface area contributed by atoms with Gasteiger partial charge in [0.05, 0.1) is 6.61 Å². The number of carboxylic acid groups (broad SMARTS) is 1. The first-order valence-corrected chi connectivity index (χ1v) is 5.69. The standard InChI is InChI=1S/C9H14O3S/c10-8(11)9(3-1-5-13-9)7-2-4-12-6-7/h7H,1-6H2,(H,10,11). The minimum Gasteiger partial charge on any atom is -0.480 e.